The van der Waals surface area contributed by atoms with E-state index in [0.717, 1.165) is 57.8 Å². The summed E-state index contributed by atoms with van der Waals surface area (Å²) in [7, 11) is 0. The van der Waals surface area contributed by atoms with Gasteiger partial charge >= 0.3 is 17.9 Å². The van der Waals surface area contributed by atoms with Gasteiger partial charge in [-0.2, -0.15) is 0 Å². The van der Waals surface area contributed by atoms with Crippen molar-refractivity contribution in [2.75, 3.05) is 13.2 Å². The number of carbonyl (C=O) groups is 3. The van der Waals surface area contributed by atoms with Gasteiger partial charge in [0.15, 0.2) is 6.10 Å². The summed E-state index contributed by atoms with van der Waals surface area (Å²) in [5.74, 6) is -0.832. The number of ether oxygens (including phenoxy) is 3. The Labute approximate surface area is 481 Å². The quantitative estimate of drug-likeness (QED) is 0.0261. The molecule has 0 bridgehead atoms. The van der Waals surface area contributed by atoms with Gasteiger partial charge in [-0.15, -0.1) is 0 Å². The lowest BCUT2D eigenvalue weighted by Crippen LogP contribution is -2.30. The van der Waals surface area contributed by atoms with Crippen molar-refractivity contribution in [1.82, 2.24) is 0 Å². The second-order valence-corrected chi connectivity index (χ2v) is 24.2. The highest BCUT2D eigenvalue weighted by atomic mass is 16.6. The first-order valence-corrected chi connectivity index (χ1v) is 35.2. The molecular formula is C71H136O6. The number of carbonyl (C=O) groups excluding carboxylic acids is 3. The molecule has 0 N–H and O–H groups in total. The molecule has 0 saturated carbocycles. The first-order valence-electron chi connectivity index (χ1n) is 35.2. The zero-order chi connectivity index (χ0) is 55.7. The normalized spacial score (nSPS) is 12.0. The van der Waals surface area contributed by atoms with E-state index in [4.69, 9.17) is 14.2 Å². The number of unbranched alkanes of at least 4 members (excludes halogenated alkanes) is 53. The molecule has 0 radical (unpaired) electrons. The molecule has 0 saturated heterocycles. The van der Waals surface area contributed by atoms with E-state index < -0.39 is 6.10 Å². The molecule has 0 amide bonds. The molecule has 0 aromatic heterocycles. The average Bonchev–Trinajstić information content (AvgIpc) is 3.43. The predicted molar refractivity (Wildman–Crippen MR) is 335 cm³/mol. The maximum Gasteiger partial charge on any atom is 0.306 e. The highest BCUT2D eigenvalue weighted by Crippen LogP contribution is 2.19. The largest absolute Gasteiger partial charge is 0.462 e. The van der Waals surface area contributed by atoms with E-state index in [1.54, 1.807) is 0 Å². The Morgan fingerprint density at radius 1 is 0.247 bits per heavy atom. The first-order chi connectivity index (χ1) is 38.0. The van der Waals surface area contributed by atoms with E-state index in [0.29, 0.717) is 19.3 Å². The summed E-state index contributed by atoms with van der Waals surface area (Å²) in [6.07, 6.45) is 79.6. The number of hydrogen-bond donors (Lipinski definition) is 0. The molecule has 0 aromatic carbocycles. The Morgan fingerprint density at radius 3 is 0.649 bits per heavy atom. The lowest BCUT2D eigenvalue weighted by atomic mass is 10.0. The molecular weight excluding hydrogens is 949 g/mol. The minimum Gasteiger partial charge on any atom is -0.462 e. The van der Waals surface area contributed by atoms with E-state index in [1.165, 1.54) is 308 Å². The van der Waals surface area contributed by atoms with Gasteiger partial charge < -0.3 is 14.2 Å². The summed E-state index contributed by atoms with van der Waals surface area (Å²) in [6.45, 7) is 6.72. The Hall–Kier alpha value is -1.85. The van der Waals surface area contributed by atoms with Crippen LogP contribution in [0.4, 0.5) is 0 Å². The number of allylic oxidation sites excluding steroid dienone is 2. The van der Waals surface area contributed by atoms with Crippen LogP contribution in [-0.4, -0.2) is 37.2 Å². The maximum atomic E-state index is 12.9. The molecule has 6 nitrogen and oxygen atoms in total. The summed E-state index contributed by atoms with van der Waals surface area (Å²) in [5, 5.41) is 0. The molecule has 0 spiro atoms. The molecule has 0 fully saturated rings. The summed E-state index contributed by atoms with van der Waals surface area (Å²) in [6, 6.07) is 0. The van der Waals surface area contributed by atoms with Crippen molar-refractivity contribution in [3.63, 3.8) is 0 Å². The van der Waals surface area contributed by atoms with Crippen LogP contribution in [0.1, 0.15) is 406 Å². The average molecular weight is 1090 g/mol. The van der Waals surface area contributed by atoms with Gasteiger partial charge in [-0.25, -0.2) is 0 Å². The summed E-state index contributed by atoms with van der Waals surface area (Å²) in [4.78, 5) is 38.4. The van der Waals surface area contributed by atoms with E-state index in [-0.39, 0.29) is 31.1 Å². The van der Waals surface area contributed by atoms with Crippen molar-refractivity contribution in [3.05, 3.63) is 12.2 Å². The van der Waals surface area contributed by atoms with Crippen LogP contribution < -0.4 is 0 Å². The van der Waals surface area contributed by atoms with Crippen LogP contribution in [0.25, 0.3) is 0 Å². The van der Waals surface area contributed by atoms with E-state index in [9.17, 15) is 14.4 Å². The minimum absolute atomic E-state index is 0.0639. The molecule has 0 aliphatic carbocycles. The van der Waals surface area contributed by atoms with Crippen LogP contribution >= 0.6 is 0 Å². The van der Waals surface area contributed by atoms with Crippen LogP contribution in [0.3, 0.4) is 0 Å². The van der Waals surface area contributed by atoms with Crippen LogP contribution in [0.2, 0.25) is 0 Å². The number of rotatable bonds is 66. The Bertz CT molecular complexity index is 1200. The van der Waals surface area contributed by atoms with Gasteiger partial charge in [0.2, 0.25) is 0 Å². The summed E-state index contributed by atoms with van der Waals surface area (Å²) in [5.41, 5.74) is 0. The van der Waals surface area contributed by atoms with Gasteiger partial charge in [-0.3, -0.25) is 14.4 Å². The molecule has 0 aromatic rings. The van der Waals surface area contributed by atoms with Gasteiger partial charge in [-0.1, -0.05) is 354 Å². The second-order valence-electron chi connectivity index (χ2n) is 24.2. The van der Waals surface area contributed by atoms with Gasteiger partial charge in [0, 0.05) is 19.3 Å². The molecule has 1 unspecified atom stereocenters. The highest BCUT2D eigenvalue weighted by Gasteiger charge is 2.19. The van der Waals surface area contributed by atoms with E-state index in [2.05, 4.69) is 32.9 Å². The molecule has 77 heavy (non-hydrogen) atoms. The van der Waals surface area contributed by atoms with Crippen molar-refractivity contribution < 1.29 is 28.6 Å². The Morgan fingerprint density at radius 2 is 0.429 bits per heavy atom. The van der Waals surface area contributed by atoms with Crippen LogP contribution in [-0.2, 0) is 28.6 Å². The van der Waals surface area contributed by atoms with Crippen molar-refractivity contribution in [2.24, 2.45) is 0 Å². The Kier molecular flexibility index (Phi) is 65.1. The topological polar surface area (TPSA) is 78.9 Å². The van der Waals surface area contributed by atoms with E-state index >= 15 is 0 Å². The van der Waals surface area contributed by atoms with Crippen LogP contribution in [0, 0.1) is 0 Å². The molecule has 0 rings (SSSR count). The fraction of sp³-hybridized carbons (Fsp3) is 0.930. The van der Waals surface area contributed by atoms with Crippen molar-refractivity contribution >= 4 is 17.9 Å². The minimum atomic E-state index is -0.767. The predicted octanol–water partition coefficient (Wildman–Crippen LogP) is 24.0. The summed E-state index contributed by atoms with van der Waals surface area (Å²) >= 11 is 0. The second kappa shape index (κ2) is 66.7. The highest BCUT2D eigenvalue weighted by molar-refractivity contribution is 5.71. The van der Waals surface area contributed by atoms with Gasteiger partial charge in [0.1, 0.15) is 13.2 Å². The van der Waals surface area contributed by atoms with Gasteiger partial charge in [0.05, 0.1) is 0 Å². The number of hydrogen-bond acceptors (Lipinski definition) is 6. The van der Waals surface area contributed by atoms with Gasteiger partial charge in [0.25, 0.3) is 0 Å². The molecule has 0 heterocycles. The number of esters is 3. The molecule has 0 aliphatic rings. The zero-order valence-electron chi connectivity index (χ0n) is 52.5. The van der Waals surface area contributed by atoms with E-state index in [1.807, 2.05) is 0 Å². The van der Waals surface area contributed by atoms with Crippen molar-refractivity contribution in [2.45, 2.75) is 412 Å². The molecule has 6 heteroatoms. The van der Waals surface area contributed by atoms with Crippen LogP contribution in [0.5, 0.6) is 0 Å². The lowest BCUT2D eigenvalue weighted by Gasteiger charge is -2.18. The molecule has 456 valence electrons. The monoisotopic (exact) mass is 1090 g/mol. The van der Waals surface area contributed by atoms with Crippen molar-refractivity contribution in [3.8, 4) is 0 Å². The third kappa shape index (κ3) is 64.9. The molecule has 0 aliphatic heterocycles. The fourth-order valence-corrected chi connectivity index (χ4v) is 11.0. The maximum absolute atomic E-state index is 12.9. The first kappa shape index (κ1) is 75.2. The van der Waals surface area contributed by atoms with Gasteiger partial charge in [-0.05, 0) is 44.9 Å². The fourth-order valence-electron chi connectivity index (χ4n) is 11.0. The third-order valence-corrected chi connectivity index (χ3v) is 16.3. The lowest BCUT2D eigenvalue weighted by molar-refractivity contribution is -0.167. The van der Waals surface area contributed by atoms with Crippen LogP contribution in [0.15, 0.2) is 12.2 Å². The SMILES string of the molecule is CCCCCCCC/C=C\CCCCCCCCCCCC(=O)OC(COC(=O)CCCCCCCCCCCCCCC)COC(=O)CCCCCCCCCCCCCCCCCCCCCCCCCCCCC. The standard InChI is InChI=1S/C71H136O6/c1-4-7-10-13-16-19-22-25-27-29-31-32-33-34-35-36-37-38-40-41-43-46-49-52-55-58-61-64-70(73)76-67-68(66-75-69(72)63-60-57-54-51-48-45-24-21-18-15-12-9-6-3)77-71(74)65-62-59-56-53-50-47-44-42-39-30-28-26-23-20-17-14-11-8-5-2/h26,28,68H,4-25,27,29-67H2,1-3H3/b28-26-. The Balaban J connectivity index is 4.18. The smallest absolute Gasteiger partial charge is 0.306 e. The summed E-state index contributed by atoms with van der Waals surface area (Å²) < 4.78 is 17.0. The zero-order valence-corrected chi connectivity index (χ0v) is 52.5. The third-order valence-electron chi connectivity index (χ3n) is 16.3. The molecule has 1 atom stereocenters. The van der Waals surface area contributed by atoms with Crippen molar-refractivity contribution in [1.29, 1.82) is 0 Å².